The van der Waals surface area contributed by atoms with Gasteiger partial charge in [-0.25, -0.2) is 4.79 Å². The van der Waals surface area contributed by atoms with E-state index in [2.05, 4.69) is 57.2 Å². The first-order chi connectivity index (χ1) is 37.6. The van der Waals surface area contributed by atoms with Crippen LogP contribution in [0.15, 0.2) is 36.5 Å². The van der Waals surface area contributed by atoms with Crippen LogP contribution in [0.4, 0.5) is 0 Å². The quantitative estimate of drug-likeness (QED) is 0.0228. The Morgan fingerprint density at radius 1 is 0.429 bits per heavy atom. The van der Waals surface area contributed by atoms with Crippen LogP contribution in [0.3, 0.4) is 0 Å². The number of carboxylic acids is 1. The fourth-order valence-corrected chi connectivity index (χ4v) is 9.73. The van der Waals surface area contributed by atoms with Crippen molar-refractivity contribution in [3.8, 4) is 0 Å². The molecular weight excluding hydrogens is 973 g/mol. The minimum absolute atomic E-state index is 0.0578. The number of rotatable bonds is 55. The number of esters is 3. The van der Waals surface area contributed by atoms with E-state index in [-0.39, 0.29) is 25.9 Å². The fourth-order valence-electron chi connectivity index (χ4n) is 9.73. The van der Waals surface area contributed by atoms with Gasteiger partial charge in [0.15, 0.2) is 24.6 Å². The third-order valence-corrected chi connectivity index (χ3v) is 14.7. The van der Waals surface area contributed by atoms with Crippen molar-refractivity contribution in [3.63, 3.8) is 0 Å². The smallest absolute Gasteiger partial charge is 0.335 e. The Morgan fingerprint density at radius 3 is 1.25 bits per heavy atom. The molecule has 0 aromatic carbocycles. The standard InChI is InChI=1S/C65H116O12/c1-4-7-10-13-16-19-22-24-26-28-29-31-33-35-38-41-44-47-50-53-59(68)76-63-61(70)60(69)62(64(71)72)77-65(63)74-55-56(75-58(67)52-49-46-43-40-36-21-18-15-12-9-6-3)54-73-57(66)51-48-45-42-39-37-34-32-30-27-25-23-20-17-14-11-8-5-2/h15-16,18-19,24,26,56,60-63,65,69-70H,4-14,17,20-23,25,27-55H2,1-3H3,(H,71,72)/b18-15-,19-16-,26-24-. The zero-order valence-corrected chi connectivity index (χ0v) is 49.5. The Bertz CT molecular complexity index is 1480. The van der Waals surface area contributed by atoms with Crippen molar-refractivity contribution in [2.24, 2.45) is 0 Å². The molecule has 12 nitrogen and oxygen atoms in total. The van der Waals surface area contributed by atoms with Crippen LogP contribution >= 0.6 is 0 Å². The molecule has 77 heavy (non-hydrogen) atoms. The molecule has 1 heterocycles. The molecule has 1 saturated heterocycles. The van der Waals surface area contributed by atoms with Gasteiger partial charge in [-0.15, -0.1) is 0 Å². The minimum atomic E-state index is -1.90. The number of carboxylic acid groups (broad SMARTS) is 1. The van der Waals surface area contributed by atoms with E-state index in [0.29, 0.717) is 19.3 Å². The van der Waals surface area contributed by atoms with Gasteiger partial charge in [-0.2, -0.15) is 0 Å². The van der Waals surface area contributed by atoms with Crippen LogP contribution in [0.2, 0.25) is 0 Å². The highest BCUT2D eigenvalue weighted by Gasteiger charge is 2.50. The van der Waals surface area contributed by atoms with Gasteiger partial charge in [-0.05, 0) is 70.6 Å². The minimum Gasteiger partial charge on any atom is -0.479 e. The summed E-state index contributed by atoms with van der Waals surface area (Å²) in [4.78, 5) is 51.2. The lowest BCUT2D eigenvalue weighted by Crippen LogP contribution is -2.61. The first-order valence-electron chi connectivity index (χ1n) is 32.0. The number of aliphatic hydroxyl groups excluding tert-OH is 2. The van der Waals surface area contributed by atoms with Gasteiger partial charge in [0.25, 0.3) is 0 Å². The van der Waals surface area contributed by atoms with Gasteiger partial charge in [0.1, 0.15) is 18.8 Å². The van der Waals surface area contributed by atoms with E-state index < -0.39 is 67.3 Å². The van der Waals surface area contributed by atoms with E-state index in [1.165, 1.54) is 148 Å². The molecule has 0 bridgehead atoms. The molecule has 0 aliphatic carbocycles. The van der Waals surface area contributed by atoms with Crippen LogP contribution in [0.1, 0.15) is 303 Å². The maximum atomic E-state index is 13.1. The second-order valence-corrected chi connectivity index (χ2v) is 22.0. The molecule has 1 aliphatic rings. The van der Waals surface area contributed by atoms with Crippen molar-refractivity contribution in [2.45, 2.75) is 340 Å². The lowest BCUT2D eigenvalue weighted by molar-refractivity contribution is -0.301. The lowest BCUT2D eigenvalue weighted by atomic mass is 9.98. The van der Waals surface area contributed by atoms with Crippen LogP contribution in [-0.4, -0.2) is 89.2 Å². The second kappa shape index (κ2) is 53.6. The molecule has 3 N–H and O–H groups in total. The molecule has 1 fully saturated rings. The molecular formula is C65H116O12. The van der Waals surface area contributed by atoms with Gasteiger partial charge in [0.05, 0.1) is 6.61 Å². The summed E-state index contributed by atoms with van der Waals surface area (Å²) < 4.78 is 28.5. The Morgan fingerprint density at radius 2 is 0.792 bits per heavy atom. The van der Waals surface area contributed by atoms with Crippen molar-refractivity contribution in [2.75, 3.05) is 13.2 Å². The molecule has 0 radical (unpaired) electrons. The second-order valence-electron chi connectivity index (χ2n) is 22.0. The number of carbonyl (C=O) groups is 4. The van der Waals surface area contributed by atoms with E-state index in [1.54, 1.807) is 0 Å². The predicted molar refractivity (Wildman–Crippen MR) is 313 cm³/mol. The number of aliphatic carboxylic acids is 1. The Hall–Kier alpha value is -3.06. The van der Waals surface area contributed by atoms with Crippen molar-refractivity contribution >= 4 is 23.9 Å². The normalized spacial score (nSPS) is 18.2. The summed E-state index contributed by atoms with van der Waals surface area (Å²) >= 11 is 0. The molecule has 0 aromatic rings. The highest BCUT2D eigenvalue weighted by Crippen LogP contribution is 2.27. The highest BCUT2D eigenvalue weighted by atomic mass is 16.7. The summed E-state index contributed by atoms with van der Waals surface area (Å²) in [6.45, 7) is 5.96. The van der Waals surface area contributed by atoms with Crippen LogP contribution in [-0.2, 0) is 42.9 Å². The monoisotopic (exact) mass is 1090 g/mol. The third kappa shape index (κ3) is 43.4. The molecule has 448 valence electrons. The fraction of sp³-hybridized carbons (Fsp3) is 0.846. The SMILES string of the molecule is CCCC/C=C\CCCCCCCC(=O)OC(COC(=O)CCCCCCCCCCCCCCCCCCC)COC1OC(C(=O)O)C(O)C(O)C1OC(=O)CCCCCCCCCCC/C=C\C/C=C\CCCCC. The molecule has 0 saturated carbocycles. The maximum Gasteiger partial charge on any atom is 0.335 e. The number of carbonyl (C=O) groups excluding carboxylic acids is 3. The van der Waals surface area contributed by atoms with Crippen LogP contribution < -0.4 is 0 Å². The average Bonchev–Trinajstić information content (AvgIpc) is 3.41. The zero-order valence-electron chi connectivity index (χ0n) is 49.5. The summed E-state index contributed by atoms with van der Waals surface area (Å²) in [7, 11) is 0. The average molecular weight is 1090 g/mol. The molecule has 12 heteroatoms. The van der Waals surface area contributed by atoms with Gasteiger partial charge in [0.2, 0.25) is 0 Å². The molecule has 1 aliphatic heterocycles. The first kappa shape index (κ1) is 72.0. The number of unbranched alkanes of at least 4 members (excludes halogenated alkanes) is 35. The van der Waals surface area contributed by atoms with E-state index in [1.807, 2.05) is 0 Å². The Kier molecular flexibility index (Phi) is 50.1. The number of hydrogen-bond acceptors (Lipinski definition) is 11. The van der Waals surface area contributed by atoms with Crippen molar-refractivity contribution in [1.82, 2.24) is 0 Å². The van der Waals surface area contributed by atoms with Gasteiger partial charge < -0.3 is 39.0 Å². The highest BCUT2D eigenvalue weighted by molar-refractivity contribution is 5.74. The predicted octanol–water partition coefficient (Wildman–Crippen LogP) is 16.8. The topological polar surface area (TPSA) is 175 Å². The van der Waals surface area contributed by atoms with Gasteiger partial charge >= 0.3 is 23.9 Å². The molecule has 0 amide bonds. The molecule has 1 rings (SSSR count). The summed E-state index contributed by atoms with van der Waals surface area (Å²) in [5, 5.41) is 31.5. The van der Waals surface area contributed by atoms with Gasteiger partial charge in [0, 0.05) is 19.3 Å². The van der Waals surface area contributed by atoms with Crippen molar-refractivity contribution in [3.05, 3.63) is 36.5 Å². The van der Waals surface area contributed by atoms with E-state index >= 15 is 0 Å². The number of ether oxygens (including phenoxy) is 5. The van der Waals surface area contributed by atoms with E-state index in [0.717, 1.165) is 96.3 Å². The van der Waals surface area contributed by atoms with Crippen molar-refractivity contribution < 1.29 is 58.2 Å². The molecule has 0 spiro atoms. The zero-order chi connectivity index (χ0) is 56.1. The van der Waals surface area contributed by atoms with Crippen LogP contribution in [0.25, 0.3) is 0 Å². The largest absolute Gasteiger partial charge is 0.479 e. The number of hydrogen-bond donors (Lipinski definition) is 3. The van der Waals surface area contributed by atoms with Crippen molar-refractivity contribution in [1.29, 1.82) is 0 Å². The number of allylic oxidation sites excluding steroid dienone is 6. The Balaban J connectivity index is 2.61. The molecule has 6 unspecified atom stereocenters. The Labute approximate surface area is 470 Å². The lowest BCUT2D eigenvalue weighted by Gasteiger charge is -2.40. The van der Waals surface area contributed by atoms with E-state index in [9.17, 15) is 34.5 Å². The summed E-state index contributed by atoms with van der Waals surface area (Å²) in [5.74, 6) is -3.11. The molecule has 6 atom stereocenters. The molecule has 0 aromatic heterocycles. The number of aliphatic hydroxyl groups is 2. The van der Waals surface area contributed by atoms with Gasteiger partial charge in [-0.3, -0.25) is 14.4 Å². The van der Waals surface area contributed by atoms with Gasteiger partial charge in [-0.1, -0.05) is 250 Å². The van der Waals surface area contributed by atoms with Crippen LogP contribution in [0, 0.1) is 0 Å². The third-order valence-electron chi connectivity index (χ3n) is 14.7. The summed E-state index contributed by atoms with van der Waals surface area (Å²) in [6, 6.07) is 0. The van der Waals surface area contributed by atoms with Crippen LogP contribution in [0.5, 0.6) is 0 Å². The van der Waals surface area contributed by atoms with E-state index in [4.69, 9.17) is 23.7 Å². The maximum absolute atomic E-state index is 13.1. The summed E-state index contributed by atoms with van der Waals surface area (Å²) in [5.41, 5.74) is 0. The first-order valence-corrected chi connectivity index (χ1v) is 32.0. The summed E-state index contributed by atoms with van der Waals surface area (Å²) in [6.07, 6.45) is 51.1.